The molecule has 0 fully saturated rings. The van der Waals surface area contributed by atoms with Gasteiger partial charge in [-0.25, -0.2) is 0 Å². The Labute approximate surface area is 103 Å². The monoisotopic (exact) mass is 290 g/mol. The number of rotatable bonds is 4. The van der Waals surface area contributed by atoms with Crippen LogP contribution in [0.4, 0.5) is 0 Å². The summed E-state index contributed by atoms with van der Waals surface area (Å²) in [6.07, 6.45) is 0.465. The van der Waals surface area contributed by atoms with E-state index in [-0.39, 0.29) is 18.0 Å². The molecule has 1 heterocycles. The summed E-state index contributed by atoms with van der Waals surface area (Å²) in [6, 6.07) is 1.97. The van der Waals surface area contributed by atoms with E-state index in [2.05, 4.69) is 15.9 Å². The second-order valence-corrected chi connectivity index (χ2v) is 6.26. The first-order valence-corrected chi connectivity index (χ1v) is 6.43. The van der Waals surface area contributed by atoms with Crippen molar-refractivity contribution < 1.29 is 9.53 Å². The van der Waals surface area contributed by atoms with Crippen molar-refractivity contribution in [2.24, 2.45) is 0 Å². The topological polar surface area (TPSA) is 26.3 Å². The number of carbonyl (C=O) groups excluding carboxylic acids is 1. The quantitative estimate of drug-likeness (QED) is 0.849. The van der Waals surface area contributed by atoms with E-state index in [4.69, 9.17) is 4.74 Å². The fourth-order valence-corrected chi connectivity index (χ4v) is 2.47. The molecule has 0 saturated carbocycles. The van der Waals surface area contributed by atoms with Crippen LogP contribution in [0, 0.1) is 0 Å². The van der Waals surface area contributed by atoms with Gasteiger partial charge in [-0.15, -0.1) is 11.3 Å². The van der Waals surface area contributed by atoms with Gasteiger partial charge in [0.05, 0.1) is 5.60 Å². The number of carbonyl (C=O) groups is 1. The largest absolute Gasteiger partial charge is 0.368 e. The maximum atomic E-state index is 11.5. The fraction of sp³-hybridized carbons (Fsp3) is 0.545. The summed E-state index contributed by atoms with van der Waals surface area (Å²) < 4.78 is 6.45. The Balaban J connectivity index is 2.37. The van der Waals surface area contributed by atoms with Crippen LogP contribution < -0.4 is 0 Å². The molecule has 0 aliphatic carbocycles. The summed E-state index contributed by atoms with van der Waals surface area (Å²) in [5, 5.41) is 1.98. The van der Waals surface area contributed by atoms with Crippen molar-refractivity contribution in [1.29, 1.82) is 0 Å². The first kappa shape index (κ1) is 12.9. The van der Waals surface area contributed by atoms with E-state index in [0.29, 0.717) is 6.42 Å². The highest BCUT2D eigenvalue weighted by Gasteiger charge is 2.13. The number of hydrogen-bond acceptors (Lipinski definition) is 3. The van der Waals surface area contributed by atoms with Crippen LogP contribution in [-0.2, 0) is 16.0 Å². The van der Waals surface area contributed by atoms with Gasteiger partial charge >= 0.3 is 0 Å². The Kier molecular flexibility index (Phi) is 4.49. The normalized spacial score (nSPS) is 11.7. The molecule has 0 spiro atoms. The highest BCUT2D eigenvalue weighted by molar-refractivity contribution is 9.10. The van der Waals surface area contributed by atoms with Crippen molar-refractivity contribution in [2.75, 3.05) is 6.61 Å². The Morgan fingerprint density at radius 1 is 1.53 bits per heavy atom. The fourth-order valence-electron chi connectivity index (χ4n) is 0.989. The Hall–Kier alpha value is -0.190. The zero-order chi connectivity index (χ0) is 11.5. The van der Waals surface area contributed by atoms with E-state index in [9.17, 15) is 4.79 Å². The third-order valence-corrected chi connectivity index (χ3v) is 3.36. The number of ketones is 1. The summed E-state index contributed by atoms with van der Waals surface area (Å²) in [5.74, 6) is 0.124. The molecule has 1 aromatic heterocycles. The number of ether oxygens (including phenoxy) is 1. The van der Waals surface area contributed by atoms with E-state index >= 15 is 0 Å². The molecule has 0 saturated heterocycles. The van der Waals surface area contributed by atoms with Crippen LogP contribution in [-0.4, -0.2) is 18.0 Å². The molecule has 1 rings (SSSR count). The van der Waals surface area contributed by atoms with Crippen LogP contribution in [0.2, 0.25) is 0 Å². The molecule has 0 N–H and O–H groups in total. The van der Waals surface area contributed by atoms with E-state index in [1.807, 2.05) is 32.2 Å². The van der Waals surface area contributed by atoms with Gasteiger partial charge in [-0.1, -0.05) is 0 Å². The molecule has 0 radical (unpaired) electrons. The van der Waals surface area contributed by atoms with Gasteiger partial charge in [0, 0.05) is 21.2 Å². The molecule has 84 valence electrons. The molecule has 0 bridgehead atoms. The molecule has 2 nitrogen and oxygen atoms in total. The van der Waals surface area contributed by atoms with Crippen molar-refractivity contribution in [2.45, 2.75) is 32.8 Å². The first-order chi connectivity index (χ1) is 6.87. The third kappa shape index (κ3) is 5.44. The van der Waals surface area contributed by atoms with Crippen LogP contribution in [0.15, 0.2) is 15.9 Å². The molecular weight excluding hydrogens is 276 g/mol. The predicted molar refractivity (Wildman–Crippen MR) is 66.4 cm³/mol. The van der Waals surface area contributed by atoms with Crippen LogP contribution in [0.25, 0.3) is 0 Å². The van der Waals surface area contributed by atoms with Gasteiger partial charge in [0.1, 0.15) is 6.61 Å². The zero-order valence-electron chi connectivity index (χ0n) is 9.17. The lowest BCUT2D eigenvalue weighted by Gasteiger charge is -2.18. The van der Waals surface area contributed by atoms with Crippen molar-refractivity contribution >= 4 is 33.0 Å². The molecule has 1 aromatic rings. The second-order valence-electron chi connectivity index (χ2n) is 4.35. The summed E-state index contributed by atoms with van der Waals surface area (Å²) in [6.45, 7) is 6.03. The summed E-state index contributed by atoms with van der Waals surface area (Å²) in [7, 11) is 0. The zero-order valence-corrected chi connectivity index (χ0v) is 11.6. The molecule has 0 unspecified atom stereocenters. The van der Waals surface area contributed by atoms with Crippen LogP contribution in [0.3, 0.4) is 0 Å². The van der Waals surface area contributed by atoms with Gasteiger partial charge in [0.2, 0.25) is 0 Å². The average Bonchev–Trinajstić information content (AvgIpc) is 2.47. The molecule has 15 heavy (non-hydrogen) atoms. The molecule has 0 aliphatic heterocycles. The lowest BCUT2D eigenvalue weighted by Crippen LogP contribution is -2.24. The molecule has 0 atom stereocenters. The molecular formula is C11H15BrO2S. The third-order valence-electron chi connectivity index (χ3n) is 1.66. The van der Waals surface area contributed by atoms with E-state index in [1.165, 1.54) is 0 Å². The Bertz CT molecular complexity index is 339. The smallest absolute Gasteiger partial charge is 0.163 e. The van der Waals surface area contributed by atoms with Gasteiger partial charge in [0.15, 0.2) is 5.78 Å². The SMILES string of the molecule is CC(C)(C)OCC(=O)Cc1cc(Br)cs1. The minimum atomic E-state index is -0.244. The minimum Gasteiger partial charge on any atom is -0.368 e. The predicted octanol–water partition coefficient (Wildman–Crippen LogP) is 3.44. The van der Waals surface area contributed by atoms with E-state index in [1.54, 1.807) is 11.3 Å². The van der Waals surface area contributed by atoms with E-state index in [0.717, 1.165) is 9.35 Å². The summed E-state index contributed by atoms with van der Waals surface area (Å²) in [4.78, 5) is 12.6. The Morgan fingerprint density at radius 2 is 2.20 bits per heavy atom. The van der Waals surface area contributed by atoms with Crippen LogP contribution >= 0.6 is 27.3 Å². The highest BCUT2D eigenvalue weighted by atomic mass is 79.9. The lowest BCUT2D eigenvalue weighted by molar-refractivity contribution is -0.127. The summed E-state index contributed by atoms with van der Waals surface area (Å²) in [5.41, 5.74) is -0.244. The maximum absolute atomic E-state index is 11.5. The van der Waals surface area contributed by atoms with E-state index < -0.39 is 0 Å². The highest BCUT2D eigenvalue weighted by Crippen LogP contribution is 2.20. The van der Waals surface area contributed by atoms with Crippen molar-refractivity contribution in [3.8, 4) is 0 Å². The van der Waals surface area contributed by atoms with Crippen molar-refractivity contribution in [3.05, 3.63) is 20.8 Å². The standard InChI is InChI=1S/C11H15BrO2S/c1-11(2,3)14-6-9(13)5-10-4-8(12)7-15-10/h4,7H,5-6H2,1-3H3. The maximum Gasteiger partial charge on any atom is 0.163 e. The molecule has 4 heteroatoms. The van der Waals surface area contributed by atoms with Crippen molar-refractivity contribution in [3.63, 3.8) is 0 Å². The van der Waals surface area contributed by atoms with Crippen LogP contribution in [0.1, 0.15) is 25.6 Å². The second kappa shape index (κ2) is 5.23. The van der Waals surface area contributed by atoms with Gasteiger partial charge in [-0.05, 0) is 42.8 Å². The first-order valence-electron chi connectivity index (χ1n) is 4.75. The lowest BCUT2D eigenvalue weighted by atomic mass is 10.2. The van der Waals surface area contributed by atoms with Gasteiger partial charge in [-0.2, -0.15) is 0 Å². The van der Waals surface area contributed by atoms with Gasteiger partial charge in [0.25, 0.3) is 0 Å². The van der Waals surface area contributed by atoms with Gasteiger partial charge < -0.3 is 4.74 Å². The Morgan fingerprint density at radius 3 is 2.67 bits per heavy atom. The molecule has 0 aromatic carbocycles. The molecule has 0 aliphatic rings. The number of Topliss-reactive ketones (excluding diaryl/α,β-unsaturated/α-hetero) is 1. The molecule has 0 amide bonds. The minimum absolute atomic E-state index is 0.124. The number of hydrogen-bond donors (Lipinski definition) is 0. The van der Waals surface area contributed by atoms with Crippen molar-refractivity contribution in [1.82, 2.24) is 0 Å². The average molecular weight is 291 g/mol. The number of halogens is 1. The van der Waals surface area contributed by atoms with Gasteiger partial charge in [-0.3, -0.25) is 4.79 Å². The van der Waals surface area contributed by atoms with Crippen LogP contribution in [0.5, 0.6) is 0 Å². The summed E-state index contributed by atoms with van der Waals surface area (Å²) >= 11 is 4.95. The number of thiophene rings is 1.